The average molecular weight is 263 g/mol. The largest absolute Gasteiger partial charge is 0.343 e. The van der Waals surface area contributed by atoms with E-state index in [4.69, 9.17) is 0 Å². The summed E-state index contributed by atoms with van der Waals surface area (Å²) in [6, 6.07) is 8.33. The third-order valence-electron chi connectivity index (χ3n) is 2.83. The Hall–Kier alpha value is -1.88. The van der Waals surface area contributed by atoms with E-state index < -0.39 is 6.04 Å². The van der Waals surface area contributed by atoms with E-state index in [1.54, 1.807) is 43.1 Å². The summed E-state index contributed by atoms with van der Waals surface area (Å²) >= 11 is 0. The van der Waals surface area contributed by atoms with E-state index in [9.17, 15) is 9.59 Å². The summed E-state index contributed by atoms with van der Waals surface area (Å²) in [4.78, 5) is 25.5. The van der Waals surface area contributed by atoms with E-state index in [2.05, 4.69) is 10.6 Å². The lowest BCUT2D eigenvalue weighted by Gasteiger charge is -2.22. The molecule has 5 heteroatoms. The Bertz CT molecular complexity index is 420. The second kappa shape index (κ2) is 7.53. The Kier molecular flexibility index (Phi) is 6.02. The lowest BCUT2D eigenvalue weighted by Crippen LogP contribution is -2.46. The second-order valence-corrected chi connectivity index (χ2v) is 4.42. The van der Waals surface area contributed by atoms with Crippen LogP contribution in [0.4, 0.5) is 0 Å². The average Bonchev–Trinajstić information content (AvgIpc) is 2.44. The van der Waals surface area contributed by atoms with Gasteiger partial charge in [0.2, 0.25) is 5.91 Å². The Morgan fingerprint density at radius 2 is 1.89 bits per heavy atom. The van der Waals surface area contributed by atoms with E-state index in [0.717, 1.165) is 6.54 Å². The predicted molar refractivity (Wildman–Crippen MR) is 74.9 cm³/mol. The van der Waals surface area contributed by atoms with Gasteiger partial charge in [-0.2, -0.15) is 0 Å². The first kappa shape index (κ1) is 15.2. The zero-order valence-electron chi connectivity index (χ0n) is 11.6. The van der Waals surface area contributed by atoms with E-state index in [1.807, 2.05) is 13.1 Å². The SMILES string of the molecule is CNCCN(C)C(=O)C(C)NC(=O)c1ccccc1. The first-order valence-electron chi connectivity index (χ1n) is 6.31. The van der Waals surface area contributed by atoms with Crippen molar-refractivity contribution >= 4 is 11.8 Å². The van der Waals surface area contributed by atoms with Crippen LogP contribution in [0.5, 0.6) is 0 Å². The topological polar surface area (TPSA) is 61.4 Å². The van der Waals surface area contributed by atoms with Crippen LogP contribution < -0.4 is 10.6 Å². The van der Waals surface area contributed by atoms with Gasteiger partial charge in [0.05, 0.1) is 0 Å². The lowest BCUT2D eigenvalue weighted by molar-refractivity contribution is -0.131. The molecule has 0 bridgehead atoms. The molecular weight excluding hydrogens is 242 g/mol. The summed E-state index contributed by atoms with van der Waals surface area (Å²) in [5.74, 6) is -0.331. The number of carbonyl (C=O) groups is 2. The molecule has 0 heterocycles. The molecule has 0 spiro atoms. The maximum Gasteiger partial charge on any atom is 0.251 e. The molecule has 2 amide bonds. The van der Waals surface area contributed by atoms with Gasteiger partial charge in [0.15, 0.2) is 0 Å². The van der Waals surface area contributed by atoms with E-state index in [1.165, 1.54) is 0 Å². The van der Waals surface area contributed by atoms with Crippen LogP contribution >= 0.6 is 0 Å². The van der Waals surface area contributed by atoms with Crippen LogP contribution in [-0.2, 0) is 4.79 Å². The number of nitrogens with zero attached hydrogens (tertiary/aromatic N) is 1. The summed E-state index contributed by atoms with van der Waals surface area (Å²) in [5, 5.41) is 5.68. The summed E-state index contributed by atoms with van der Waals surface area (Å²) in [6.45, 7) is 3.03. The van der Waals surface area contributed by atoms with Crippen LogP contribution in [0.3, 0.4) is 0 Å². The standard InChI is InChI=1S/C14H21N3O2/c1-11(14(19)17(3)10-9-15-2)16-13(18)12-7-5-4-6-8-12/h4-8,11,15H,9-10H2,1-3H3,(H,16,18). The van der Waals surface area contributed by atoms with E-state index >= 15 is 0 Å². The molecule has 104 valence electrons. The van der Waals surface area contributed by atoms with Crippen molar-refractivity contribution in [1.29, 1.82) is 0 Å². The Morgan fingerprint density at radius 3 is 2.47 bits per heavy atom. The van der Waals surface area contributed by atoms with Gasteiger partial charge in [-0.15, -0.1) is 0 Å². The molecule has 5 nitrogen and oxygen atoms in total. The summed E-state index contributed by atoms with van der Waals surface area (Å²) in [5.41, 5.74) is 0.556. The molecule has 1 rings (SSSR count). The number of hydrogen-bond acceptors (Lipinski definition) is 3. The molecule has 1 aromatic carbocycles. The number of carbonyl (C=O) groups excluding carboxylic acids is 2. The second-order valence-electron chi connectivity index (χ2n) is 4.42. The van der Waals surface area contributed by atoms with E-state index in [-0.39, 0.29) is 11.8 Å². The maximum atomic E-state index is 12.0. The van der Waals surface area contributed by atoms with Gasteiger partial charge in [0.1, 0.15) is 6.04 Å². The van der Waals surface area contributed by atoms with E-state index in [0.29, 0.717) is 12.1 Å². The van der Waals surface area contributed by atoms with Crippen molar-refractivity contribution in [3.05, 3.63) is 35.9 Å². The van der Waals surface area contributed by atoms with Crippen LogP contribution in [0, 0.1) is 0 Å². The minimum Gasteiger partial charge on any atom is -0.343 e. The fraction of sp³-hybridized carbons (Fsp3) is 0.429. The molecule has 0 radical (unpaired) electrons. The van der Waals surface area contributed by atoms with Gasteiger partial charge in [0.25, 0.3) is 5.91 Å². The molecule has 19 heavy (non-hydrogen) atoms. The Morgan fingerprint density at radius 1 is 1.26 bits per heavy atom. The molecule has 0 fully saturated rings. The smallest absolute Gasteiger partial charge is 0.251 e. The number of rotatable bonds is 6. The Balaban J connectivity index is 2.52. The molecule has 0 aliphatic carbocycles. The summed E-state index contributed by atoms with van der Waals surface area (Å²) in [7, 11) is 3.56. The highest BCUT2D eigenvalue weighted by molar-refractivity contribution is 5.97. The normalized spacial score (nSPS) is 11.7. The van der Waals surface area contributed by atoms with Crippen molar-refractivity contribution in [3.8, 4) is 0 Å². The highest BCUT2D eigenvalue weighted by atomic mass is 16.2. The van der Waals surface area contributed by atoms with Gasteiger partial charge in [-0.05, 0) is 26.1 Å². The quantitative estimate of drug-likeness (QED) is 0.785. The van der Waals surface area contributed by atoms with Gasteiger partial charge in [-0.1, -0.05) is 18.2 Å². The minimum absolute atomic E-state index is 0.0977. The van der Waals surface area contributed by atoms with Crippen LogP contribution in [0.25, 0.3) is 0 Å². The van der Waals surface area contributed by atoms with Crippen LogP contribution in [0.2, 0.25) is 0 Å². The van der Waals surface area contributed by atoms with Gasteiger partial charge >= 0.3 is 0 Å². The molecule has 0 saturated heterocycles. The molecule has 1 aromatic rings. The molecular formula is C14H21N3O2. The molecule has 2 N–H and O–H groups in total. The number of benzene rings is 1. The molecule has 1 unspecified atom stereocenters. The van der Waals surface area contributed by atoms with Gasteiger partial charge in [0, 0.05) is 25.7 Å². The third kappa shape index (κ3) is 4.71. The number of likely N-dealkylation sites (N-methyl/N-ethyl adjacent to an activating group) is 2. The summed E-state index contributed by atoms with van der Waals surface area (Å²) < 4.78 is 0. The number of hydrogen-bond donors (Lipinski definition) is 2. The highest BCUT2D eigenvalue weighted by Gasteiger charge is 2.19. The van der Waals surface area contributed by atoms with Crippen molar-refractivity contribution < 1.29 is 9.59 Å². The first-order valence-corrected chi connectivity index (χ1v) is 6.31. The number of amides is 2. The van der Waals surface area contributed by atoms with Gasteiger partial charge < -0.3 is 15.5 Å². The first-order chi connectivity index (χ1) is 9.06. The predicted octanol–water partition coefficient (Wildman–Crippen LogP) is 0.483. The monoisotopic (exact) mass is 263 g/mol. The zero-order chi connectivity index (χ0) is 14.3. The fourth-order valence-corrected chi connectivity index (χ4v) is 1.65. The van der Waals surface area contributed by atoms with Crippen LogP contribution in [0.15, 0.2) is 30.3 Å². The van der Waals surface area contributed by atoms with Crippen LogP contribution in [-0.4, -0.2) is 49.9 Å². The fourth-order valence-electron chi connectivity index (χ4n) is 1.65. The highest BCUT2D eigenvalue weighted by Crippen LogP contribution is 2.00. The van der Waals surface area contributed by atoms with Crippen LogP contribution in [0.1, 0.15) is 17.3 Å². The molecule has 0 aromatic heterocycles. The molecule has 0 aliphatic heterocycles. The minimum atomic E-state index is -0.533. The third-order valence-corrected chi connectivity index (χ3v) is 2.83. The lowest BCUT2D eigenvalue weighted by atomic mass is 10.2. The van der Waals surface area contributed by atoms with Gasteiger partial charge in [-0.3, -0.25) is 9.59 Å². The Labute approximate surface area is 114 Å². The van der Waals surface area contributed by atoms with Gasteiger partial charge in [-0.25, -0.2) is 0 Å². The van der Waals surface area contributed by atoms with Crippen molar-refractivity contribution in [2.75, 3.05) is 27.2 Å². The molecule has 1 atom stereocenters. The van der Waals surface area contributed by atoms with Crippen molar-refractivity contribution in [2.24, 2.45) is 0 Å². The maximum absolute atomic E-state index is 12.0. The van der Waals surface area contributed by atoms with Crippen molar-refractivity contribution in [3.63, 3.8) is 0 Å². The van der Waals surface area contributed by atoms with Crippen molar-refractivity contribution in [2.45, 2.75) is 13.0 Å². The molecule has 0 aliphatic rings. The van der Waals surface area contributed by atoms with Crippen molar-refractivity contribution in [1.82, 2.24) is 15.5 Å². The zero-order valence-corrected chi connectivity index (χ0v) is 11.6. The molecule has 0 saturated carbocycles. The number of nitrogens with one attached hydrogen (secondary N) is 2. The summed E-state index contributed by atoms with van der Waals surface area (Å²) in [6.07, 6.45) is 0.